The highest BCUT2D eigenvalue weighted by atomic mass is 19.1. The van der Waals surface area contributed by atoms with Crippen molar-refractivity contribution in [1.29, 1.82) is 10.5 Å². The number of nitrogens with zero attached hydrogens (tertiary/aromatic N) is 2. The smallest absolute Gasteiger partial charge is 0.164 e. The van der Waals surface area contributed by atoms with E-state index in [0.29, 0.717) is 22.3 Å². The Kier molecular flexibility index (Phi) is 8.22. The van der Waals surface area contributed by atoms with Crippen LogP contribution in [0.2, 0.25) is 0 Å². The zero-order chi connectivity index (χ0) is 30.9. The van der Waals surface area contributed by atoms with E-state index in [2.05, 4.69) is 6.07 Å². The molecule has 0 fully saturated rings. The highest BCUT2D eigenvalue weighted by Gasteiger charge is 2.28. The molecule has 0 aliphatic carbocycles. The molecule has 0 saturated heterocycles. The number of benzene rings is 4. The van der Waals surface area contributed by atoms with Gasteiger partial charge in [0.05, 0.1) is 48.6 Å². The molecule has 0 spiro atoms. The van der Waals surface area contributed by atoms with Gasteiger partial charge in [-0.3, -0.25) is 9.59 Å². The van der Waals surface area contributed by atoms with Crippen molar-refractivity contribution < 1.29 is 27.8 Å². The standard InChI is InChI=1S/C34H26F2N2O4/c1-17-7-9-23(35)13-25(17)33-22(16-38)12-26(34(42-6)31(33)20(4)40)24-14-28(36)27(11-18(24)2)32-21(15-37)8-10-29(41-5)30(32)19(3)39/h7-14H,1-6H3. The van der Waals surface area contributed by atoms with Gasteiger partial charge in [0.15, 0.2) is 11.6 Å². The SMILES string of the molecule is COc1ccc(C#N)c(-c2cc(C)c(-c3cc(C#N)c(-c4cc(F)ccc4C)c(C(C)=O)c3OC)cc2F)c1C(C)=O. The van der Waals surface area contributed by atoms with Crippen LogP contribution >= 0.6 is 0 Å². The van der Waals surface area contributed by atoms with Gasteiger partial charge in [-0.25, -0.2) is 8.78 Å². The minimum atomic E-state index is -0.752. The number of hydrogen-bond acceptors (Lipinski definition) is 6. The molecule has 0 heterocycles. The molecule has 4 aromatic carbocycles. The summed E-state index contributed by atoms with van der Waals surface area (Å²) in [7, 11) is 2.73. The maximum atomic E-state index is 16.0. The summed E-state index contributed by atoms with van der Waals surface area (Å²) in [6.07, 6.45) is 0. The number of carbonyl (C=O) groups excluding carboxylic acids is 2. The molecule has 0 aromatic heterocycles. The predicted octanol–water partition coefficient (Wildman–Crippen LogP) is 7.75. The van der Waals surface area contributed by atoms with Gasteiger partial charge in [-0.05, 0) is 92.4 Å². The highest BCUT2D eigenvalue weighted by Crippen LogP contribution is 2.45. The zero-order valence-corrected chi connectivity index (χ0v) is 23.9. The molecule has 0 radical (unpaired) electrons. The van der Waals surface area contributed by atoms with Gasteiger partial charge in [-0.1, -0.05) is 6.07 Å². The van der Waals surface area contributed by atoms with Gasteiger partial charge < -0.3 is 9.47 Å². The summed E-state index contributed by atoms with van der Waals surface area (Å²) < 4.78 is 41.4. The summed E-state index contributed by atoms with van der Waals surface area (Å²) in [5.74, 6) is -1.83. The molecule has 0 amide bonds. The first kappa shape index (κ1) is 29.6. The Balaban J connectivity index is 2.08. The Bertz CT molecular complexity index is 1880. The maximum Gasteiger partial charge on any atom is 0.164 e. The molecular weight excluding hydrogens is 538 g/mol. The third-order valence-electron chi connectivity index (χ3n) is 7.16. The van der Waals surface area contributed by atoms with Crippen LogP contribution in [0.15, 0.2) is 48.5 Å². The van der Waals surface area contributed by atoms with Crippen molar-refractivity contribution in [3.05, 3.63) is 93.5 Å². The molecule has 42 heavy (non-hydrogen) atoms. The molecule has 0 bridgehead atoms. The van der Waals surface area contributed by atoms with Crippen LogP contribution in [-0.4, -0.2) is 25.8 Å². The van der Waals surface area contributed by atoms with Crippen LogP contribution in [0.1, 0.15) is 56.8 Å². The van der Waals surface area contributed by atoms with Crippen molar-refractivity contribution >= 4 is 11.6 Å². The van der Waals surface area contributed by atoms with E-state index in [-0.39, 0.29) is 56.0 Å². The first-order valence-electron chi connectivity index (χ1n) is 12.8. The molecule has 8 heteroatoms. The molecule has 4 rings (SSSR count). The van der Waals surface area contributed by atoms with E-state index >= 15 is 4.39 Å². The average Bonchev–Trinajstić information content (AvgIpc) is 2.97. The molecule has 0 N–H and O–H groups in total. The molecule has 0 unspecified atom stereocenters. The number of nitriles is 2. The molecular formula is C34H26F2N2O4. The normalized spacial score (nSPS) is 10.5. The molecule has 0 atom stereocenters. The Morgan fingerprint density at radius 2 is 1.33 bits per heavy atom. The lowest BCUT2D eigenvalue weighted by molar-refractivity contribution is 0.100. The van der Waals surface area contributed by atoms with Crippen LogP contribution in [0, 0.1) is 48.1 Å². The van der Waals surface area contributed by atoms with Crippen LogP contribution in [-0.2, 0) is 0 Å². The molecule has 0 aliphatic rings. The van der Waals surface area contributed by atoms with E-state index in [4.69, 9.17) is 9.47 Å². The number of Topliss-reactive ketones (excluding diaryl/α,β-unsaturated/α-hetero) is 2. The fourth-order valence-corrected chi connectivity index (χ4v) is 5.28. The third-order valence-corrected chi connectivity index (χ3v) is 7.16. The number of carbonyl (C=O) groups is 2. The number of hydrogen-bond donors (Lipinski definition) is 0. The summed E-state index contributed by atoms with van der Waals surface area (Å²) in [5, 5.41) is 19.9. The van der Waals surface area contributed by atoms with Crippen LogP contribution < -0.4 is 9.47 Å². The number of methoxy groups -OCH3 is 2. The summed E-state index contributed by atoms with van der Waals surface area (Å²) in [4.78, 5) is 25.7. The zero-order valence-electron chi connectivity index (χ0n) is 23.9. The fourth-order valence-electron chi connectivity index (χ4n) is 5.28. The lowest BCUT2D eigenvalue weighted by Crippen LogP contribution is -2.07. The number of rotatable bonds is 7. The number of ether oxygens (including phenoxy) is 2. The molecule has 4 aromatic rings. The van der Waals surface area contributed by atoms with Crippen molar-refractivity contribution in [3.63, 3.8) is 0 Å². The minimum absolute atomic E-state index is 0.00942. The van der Waals surface area contributed by atoms with E-state index in [1.165, 1.54) is 70.5 Å². The minimum Gasteiger partial charge on any atom is -0.496 e. The second kappa shape index (κ2) is 11.6. The first-order valence-corrected chi connectivity index (χ1v) is 12.8. The van der Waals surface area contributed by atoms with Gasteiger partial charge in [0, 0.05) is 22.3 Å². The Hall–Kier alpha value is -5.34. The lowest BCUT2D eigenvalue weighted by Gasteiger charge is -2.21. The number of halogens is 2. The third kappa shape index (κ3) is 5.00. The van der Waals surface area contributed by atoms with Crippen LogP contribution in [0.4, 0.5) is 8.78 Å². The van der Waals surface area contributed by atoms with Gasteiger partial charge in [-0.2, -0.15) is 10.5 Å². The van der Waals surface area contributed by atoms with Gasteiger partial charge in [0.2, 0.25) is 0 Å². The van der Waals surface area contributed by atoms with Crippen molar-refractivity contribution in [2.45, 2.75) is 27.7 Å². The highest BCUT2D eigenvalue weighted by molar-refractivity contribution is 6.08. The maximum absolute atomic E-state index is 16.0. The summed E-state index contributed by atoms with van der Waals surface area (Å²) in [5.41, 5.74) is 2.73. The summed E-state index contributed by atoms with van der Waals surface area (Å²) >= 11 is 0. The largest absolute Gasteiger partial charge is 0.496 e. The van der Waals surface area contributed by atoms with Crippen molar-refractivity contribution in [1.82, 2.24) is 0 Å². The van der Waals surface area contributed by atoms with Crippen LogP contribution in [0.3, 0.4) is 0 Å². The van der Waals surface area contributed by atoms with Gasteiger partial charge in [0.1, 0.15) is 23.1 Å². The van der Waals surface area contributed by atoms with Crippen molar-refractivity contribution in [2.24, 2.45) is 0 Å². The topological polar surface area (TPSA) is 100 Å². The summed E-state index contributed by atoms with van der Waals surface area (Å²) in [6, 6.07) is 15.4. The Morgan fingerprint density at radius 1 is 0.690 bits per heavy atom. The van der Waals surface area contributed by atoms with Gasteiger partial charge in [0.25, 0.3) is 0 Å². The first-order chi connectivity index (χ1) is 20.0. The molecule has 0 saturated carbocycles. The van der Waals surface area contributed by atoms with E-state index in [1.54, 1.807) is 19.9 Å². The molecule has 6 nitrogen and oxygen atoms in total. The second-order valence-corrected chi connectivity index (χ2v) is 9.76. The van der Waals surface area contributed by atoms with E-state index in [1.807, 2.05) is 6.07 Å². The van der Waals surface area contributed by atoms with E-state index < -0.39 is 23.2 Å². The Morgan fingerprint density at radius 3 is 1.90 bits per heavy atom. The van der Waals surface area contributed by atoms with Gasteiger partial charge in [-0.15, -0.1) is 0 Å². The van der Waals surface area contributed by atoms with Crippen molar-refractivity contribution in [2.75, 3.05) is 14.2 Å². The predicted molar refractivity (Wildman–Crippen MR) is 155 cm³/mol. The molecule has 210 valence electrons. The van der Waals surface area contributed by atoms with Crippen LogP contribution in [0.5, 0.6) is 11.5 Å². The van der Waals surface area contributed by atoms with Crippen LogP contribution in [0.25, 0.3) is 33.4 Å². The van der Waals surface area contributed by atoms with Gasteiger partial charge >= 0.3 is 0 Å². The number of aryl methyl sites for hydroxylation is 2. The van der Waals surface area contributed by atoms with E-state index in [0.717, 1.165) is 0 Å². The second-order valence-electron chi connectivity index (χ2n) is 9.76. The van der Waals surface area contributed by atoms with E-state index in [9.17, 15) is 24.5 Å². The quantitative estimate of drug-likeness (QED) is 0.213. The monoisotopic (exact) mass is 564 g/mol. The van der Waals surface area contributed by atoms with Crippen molar-refractivity contribution in [3.8, 4) is 57.0 Å². The lowest BCUT2D eigenvalue weighted by atomic mass is 9.84. The number of ketones is 2. The molecule has 0 aliphatic heterocycles. The Labute approximate surface area is 242 Å². The fraction of sp³-hybridized carbons (Fsp3) is 0.176. The average molecular weight is 565 g/mol. The summed E-state index contributed by atoms with van der Waals surface area (Å²) in [6.45, 7) is 6.05.